The number of hydrogen-bond donors (Lipinski definition) is 1. The highest BCUT2D eigenvalue weighted by molar-refractivity contribution is 5.97. The fraction of sp³-hybridized carbons (Fsp3) is 0.549. The van der Waals surface area contributed by atoms with Crippen molar-refractivity contribution >= 4 is 33.8 Å². The van der Waals surface area contributed by atoms with E-state index in [1.807, 2.05) is 20.8 Å². The van der Waals surface area contributed by atoms with Crippen molar-refractivity contribution in [1.29, 1.82) is 0 Å². The molecule has 0 radical (unpaired) electrons. The maximum Gasteiger partial charge on any atom is 0.311 e. The lowest BCUT2D eigenvalue weighted by Gasteiger charge is -2.37. The van der Waals surface area contributed by atoms with Crippen LogP contribution in [-0.4, -0.2) is 43.3 Å². The van der Waals surface area contributed by atoms with Gasteiger partial charge in [-0.2, -0.15) is 0 Å². The van der Waals surface area contributed by atoms with Crippen LogP contribution in [0.15, 0.2) is 84.9 Å². The van der Waals surface area contributed by atoms with Crippen molar-refractivity contribution in [2.75, 3.05) is 28.3 Å². The number of benzene rings is 4. The molecule has 0 fully saturated rings. The van der Waals surface area contributed by atoms with Gasteiger partial charge in [-0.25, -0.2) is 0 Å². The van der Waals surface area contributed by atoms with Crippen LogP contribution in [0.25, 0.3) is 10.8 Å². The predicted molar refractivity (Wildman–Crippen MR) is 244 cm³/mol. The Morgan fingerprint density at radius 1 is 0.625 bits per heavy atom. The van der Waals surface area contributed by atoms with Gasteiger partial charge < -0.3 is 19.9 Å². The lowest BCUT2D eigenvalue weighted by Crippen LogP contribution is -2.41. The number of anilines is 3. The SMILES string of the molecule is CCC(C)(C)C(=O)OCCCCCCCCNc1ccc(C(c2ccc(N(C(C)C)C(C)C)cc2)c2ccc(N(C(C)C)C(C)C(C)C)cc2)c2ccccc12. The van der Waals surface area contributed by atoms with E-state index in [0.29, 0.717) is 36.7 Å². The smallest absolute Gasteiger partial charge is 0.311 e. The molecule has 2 unspecified atom stereocenters. The summed E-state index contributed by atoms with van der Waals surface area (Å²) >= 11 is 0. The van der Waals surface area contributed by atoms with E-state index in [-0.39, 0.29) is 17.3 Å². The summed E-state index contributed by atoms with van der Waals surface area (Å²) < 4.78 is 5.51. The van der Waals surface area contributed by atoms with Crippen molar-refractivity contribution < 1.29 is 9.53 Å². The Labute approximate surface area is 341 Å². The van der Waals surface area contributed by atoms with Crippen LogP contribution >= 0.6 is 0 Å². The lowest BCUT2D eigenvalue weighted by atomic mass is 9.82. The summed E-state index contributed by atoms with van der Waals surface area (Å²) in [4.78, 5) is 17.3. The first-order valence-electron chi connectivity index (χ1n) is 21.9. The molecule has 4 rings (SSSR count). The van der Waals surface area contributed by atoms with Crippen LogP contribution in [0.4, 0.5) is 17.1 Å². The molecule has 0 aliphatic rings. The molecule has 4 aromatic rings. The van der Waals surface area contributed by atoms with E-state index in [4.69, 9.17) is 4.74 Å². The summed E-state index contributed by atoms with van der Waals surface area (Å²) in [7, 11) is 0. The van der Waals surface area contributed by atoms with Crippen molar-refractivity contribution in [1.82, 2.24) is 0 Å². The molecule has 5 nitrogen and oxygen atoms in total. The summed E-state index contributed by atoms with van der Waals surface area (Å²) in [5.41, 5.74) is 7.31. The quantitative estimate of drug-likeness (QED) is 0.0491. The number of nitrogens with one attached hydrogen (secondary N) is 1. The number of carbonyl (C=O) groups is 1. The molecular weight excluding hydrogens is 687 g/mol. The fourth-order valence-corrected chi connectivity index (χ4v) is 8.14. The molecule has 0 aromatic heterocycles. The summed E-state index contributed by atoms with van der Waals surface area (Å²) in [5.74, 6) is 0.570. The topological polar surface area (TPSA) is 44.8 Å². The third-order valence-electron chi connectivity index (χ3n) is 11.9. The minimum atomic E-state index is -0.385. The van der Waals surface area contributed by atoms with E-state index in [1.54, 1.807) is 0 Å². The molecule has 306 valence electrons. The highest BCUT2D eigenvalue weighted by Gasteiger charge is 2.27. The fourth-order valence-electron chi connectivity index (χ4n) is 8.14. The van der Waals surface area contributed by atoms with Crippen molar-refractivity contribution in [3.8, 4) is 0 Å². The van der Waals surface area contributed by atoms with E-state index < -0.39 is 0 Å². The number of unbranched alkanes of at least 4 members (excludes halogenated alkanes) is 5. The van der Waals surface area contributed by atoms with Crippen LogP contribution in [-0.2, 0) is 9.53 Å². The van der Waals surface area contributed by atoms with Crippen LogP contribution in [0, 0.1) is 11.3 Å². The second kappa shape index (κ2) is 21.0. The Hall–Kier alpha value is -3.99. The third kappa shape index (κ3) is 11.5. The van der Waals surface area contributed by atoms with Gasteiger partial charge in [0.05, 0.1) is 12.0 Å². The molecule has 4 aromatic carbocycles. The van der Waals surface area contributed by atoms with Gasteiger partial charge in [-0.1, -0.05) is 101 Å². The summed E-state index contributed by atoms with van der Waals surface area (Å²) in [6.07, 6.45) is 7.54. The van der Waals surface area contributed by atoms with Crippen LogP contribution in [0.2, 0.25) is 0 Å². The molecule has 1 N–H and O–H groups in total. The number of fused-ring (bicyclic) bond motifs is 1. The van der Waals surface area contributed by atoms with Crippen LogP contribution < -0.4 is 15.1 Å². The number of nitrogens with zero attached hydrogens (tertiary/aromatic N) is 2. The summed E-state index contributed by atoms with van der Waals surface area (Å²) in [6, 6.07) is 34.1. The maximum absolute atomic E-state index is 12.2. The summed E-state index contributed by atoms with van der Waals surface area (Å²) in [5, 5.41) is 6.36. The Kier molecular flexibility index (Phi) is 16.7. The van der Waals surface area contributed by atoms with Gasteiger partial charge >= 0.3 is 5.97 Å². The van der Waals surface area contributed by atoms with Crippen molar-refractivity contribution in [3.05, 3.63) is 102 Å². The molecule has 2 atom stereocenters. The maximum atomic E-state index is 12.2. The molecule has 0 heterocycles. The molecular formula is C51H75N3O2. The Balaban J connectivity index is 1.54. The lowest BCUT2D eigenvalue weighted by molar-refractivity contribution is -0.154. The largest absolute Gasteiger partial charge is 0.465 e. The number of carbonyl (C=O) groups excluding carboxylic acids is 1. The third-order valence-corrected chi connectivity index (χ3v) is 11.9. The minimum Gasteiger partial charge on any atom is -0.465 e. The highest BCUT2D eigenvalue weighted by atomic mass is 16.5. The predicted octanol–water partition coefficient (Wildman–Crippen LogP) is 13.6. The Morgan fingerprint density at radius 2 is 1.12 bits per heavy atom. The first-order chi connectivity index (χ1) is 26.7. The number of hydrogen-bond acceptors (Lipinski definition) is 5. The van der Waals surface area contributed by atoms with E-state index in [1.165, 1.54) is 63.8 Å². The van der Waals surface area contributed by atoms with Gasteiger partial charge in [0.25, 0.3) is 0 Å². The standard InChI is InChI=1S/C51H75N3O2/c1-13-51(11,12)50(55)56-35-21-17-15-14-16-20-34-52-48-33-32-47(45-22-18-19-23-46(45)48)49(41-24-28-43(29-25-41)53(37(4)5)38(6)7)42-26-30-44(31-27-42)54(39(8)9)40(10)36(2)3/h18-19,22-33,36-40,49,52H,13-17,20-21,34-35H2,1-12H3. The summed E-state index contributed by atoms with van der Waals surface area (Å²) in [6.45, 7) is 28.1. The van der Waals surface area contributed by atoms with Crippen molar-refractivity contribution in [2.45, 2.75) is 158 Å². The minimum absolute atomic E-state index is 0.0740. The van der Waals surface area contributed by atoms with E-state index in [0.717, 1.165) is 32.2 Å². The highest BCUT2D eigenvalue weighted by Crippen LogP contribution is 2.40. The number of esters is 1. The monoisotopic (exact) mass is 762 g/mol. The molecule has 0 aliphatic carbocycles. The van der Waals surface area contributed by atoms with E-state index in [9.17, 15) is 4.79 Å². The number of ether oxygens (including phenoxy) is 1. The van der Waals surface area contributed by atoms with Gasteiger partial charge in [0.15, 0.2) is 0 Å². The molecule has 56 heavy (non-hydrogen) atoms. The second-order valence-corrected chi connectivity index (χ2v) is 17.9. The first-order valence-corrected chi connectivity index (χ1v) is 21.9. The molecule has 0 aliphatic heterocycles. The first kappa shape index (κ1) is 44.7. The van der Waals surface area contributed by atoms with Gasteiger partial charge in [0, 0.05) is 59.1 Å². The second-order valence-electron chi connectivity index (χ2n) is 17.9. The van der Waals surface area contributed by atoms with Crippen LogP contribution in [0.1, 0.15) is 151 Å². The zero-order valence-electron chi connectivity index (χ0n) is 37.1. The van der Waals surface area contributed by atoms with Gasteiger partial charge in [-0.3, -0.25) is 4.79 Å². The molecule has 0 spiro atoms. The Bertz CT molecular complexity index is 1770. The number of rotatable bonds is 22. The molecule has 0 saturated heterocycles. The average molecular weight is 762 g/mol. The van der Waals surface area contributed by atoms with Gasteiger partial charge in [0.1, 0.15) is 0 Å². The van der Waals surface area contributed by atoms with Gasteiger partial charge in [-0.15, -0.1) is 0 Å². The van der Waals surface area contributed by atoms with Crippen molar-refractivity contribution in [3.63, 3.8) is 0 Å². The molecule has 0 bridgehead atoms. The van der Waals surface area contributed by atoms with Gasteiger partial charge in [0.2, 0.25) is 0 Å². The molecule has 5 heteroatoms. The van der Waals surface area contributed by atoms with Gasteiger partial charge in [-0.05, 0) is 140 Å². The zero-order valence-corrected chi connectivity index (χ0v) is 37.1. The molecule has 0 amide bonds. The van der Waals surface area contributed by atoms with Crippen LogP contribution in [0.5, 0.6) is 0 Å². The van der Waals surface area contributed by atoms with E-state index >= 15 is 0 Å². The van der Waals surface area contributed by atoms with E-state index in [2.05, 4.69) is 162 Å². The van der Waals surface area contributed by atoms with Crippen LogP contribution in [0.3, 0.4) is 0 Å². The normalized spacial score (nSPS) is 13.1. The average Bonchev–Trinajstić information content (AvgIpc) is 3.16. The zero-order chi connectivity index (χ0) is 41.0. The Morgan fingerprint density at radius 3 is 1.64 bits per heavy atom. The molecule has 0 saturated carbocycles. The van der Waals surface area contributed by atoms with Crippen molar-refractivity contribution in [2.24, 2.45) is 11.3 Å².